The van der Waals surface area contributed by atoms with Crippen LogP contribution in [0.5, 0.6) is 0 Å². The lowest BCUT2D eigenvalue weighted by atomic mass is 10.2. The van der Waals surface area contributed by atoms with E-state index >= 15 is 0 Å². The van der Waals surface area contributed by atoms with Crippen molar-refractivity contribution < 1.29 is 9.90 Å². The van der Waals surface area contributed by atoms with Gasteiger partial charge in [0.1, 0.15) is 6.61 Å². The van der Waals surface area contributed by atoms with Crippen LogP contribution in [0.2, 0.25) is 0 Å². The molecule has 82 valence electrons. The lowest BCUT2D eigenvalue weighted by Gasteiger charge is -2.23. The molecule has 0 aliphatic heterocycles. The molecule has 0 heterocycles. The molecule has 0 aromatic heterocycles. The van der Waals surface area contributed by atoms with Gasteiger partial charge in [-0.1, -0.05) is 32.0 Å². The smallest absolute Gasteiger partial charge is 0.252 e. The van der Waals surface area contributed by atoms with Gasteiger partial charge in [-0.3, -0.25) is 4.79 Å². The minimum atomic E-state index is -0.443. The first-order chi connectivity index (χ1) is 7.15. The number of para-hydroxylation sites is 1. The van der Waals surface area contributed by atoms with Crippen LogP contribution in [0.15, 0.2) is 30.3 Å². The molecule has 0 atom stereocenters. The zero-order valence-corrected chi connectivity index (χ0v) is 9.18. The number of nitrogens with zero attached hydrogens (tertiary/aromatic N) is 1. The standard InChI is InChI=1S/C12H17NO2/c1-10(2)8-13(12(15)9-14)11-6-4-3-5-7-11/h3-7,10,14H,8-9H2,1-2H3. The Kier molecular flexibility index (Phi) is 4.31. The van der Waals surface area contributed by atoms with Gasteiger partial charge in [-0.25, -0.2) is 0 Å². The van der Waals surface area contributed by atoms with Crippen molar-refractivity contribution >= 4 is 11.6 Å². The Morgan fingerprint density at radius 3 is 2.40 bits per heavy atom. The van der Waals surface area contributed by atoms with Gasteiger partial charge in [-0.05, 0) is 18.1 Å². The van der Waals surface area contributed by atoms with Crippen molar-refractivity contribution in [3.8, 4) is 0 Å². The van der Waals surface area contributed by atoms with Crippen molar-refractivity contribution in [2.24, 2.45) is 5.92 Å². The second-order valence-electron chi connectivity index (χ2n) is 3.89. The summed E-state index contributed by atoms with van der Waals surface area (Å²) in [6.07, 6.45) is 0. The van der Waals surface area contributed by atoms with Crippen LogP contribution in [-0.4, -0.2) is 24.2 Å². The molecule has 1 rings (SSSR count). The maximum absolute atomic E-state index is 11.5. The highest BCUT2D eigenvalue weighted by Gasteiger charge is 2.15. The summed E-state index contributed by atoms with van der Waals surface area (Å²) in [5.74, 6) is 0.121. The summed E-state index contributed by atoms with van der Waals surface area (Å²) in [5, 5.41) is 8.89. The number of rotatable bonds is 4. The molecule has 0 bridgehead atoms. The SMILES string of the molecule is CC(C)CN(C(=O)CO)c1ccccc1. The van der Waals surface area contributed by atoms with Crippen molar-refractivity contribution in [2.45, 2.75) is 13.8 Å². The van der Waals surface area contributed by atoms with Crippen molar-refractivity contribution in [1.29, 1.82) is 0 Å². The molecule has 0 radical (unpaired) electrons. The van der Waals surface area contributed by atoms with Gasteiger partial charge in [0.25, 0.3) is 5.91 Å². The van der Waals surface area contributed by atoms with Gasteiger partial charge in [-0.15, -0.1) is 0 Å². The van der Waals surface area contributed by atoms with Gasteiger partial charge in [0.15, 0.2) is 0 Å². The van der Waals surface area contributed by atoms with E-state index < -0.39 is 6.61 Å². The summed E-state index contributed by atoms with van der Waals surface area (Å²) in [6, 6.07) is 9.41. The van der Waals surface area contributed by atoms with E-state index in [1.54, 1.807) is 4.90 Å². The molecule has 1 aromatic carbocycles. The Labute approximate surface area is 90.3 Å². The molecule has 0 saturated carbocycles. The third-order valence-electron chi connectivity index (χ3n) is 2.05. The van der Waals surface area contributed by atoms with E-state index in [-0.39, 0.29) is 5.91 Å². The van der Waals surface area contributed by atoms with Crippen LogP contribution in [0.3, 0.4) is 0 Å². The lowest BCUT2D eigenvalue weighted by molar-refractivity contribution is -0.121. The van der Waals surface area contributed by atoms with Gasteiger partial charge >= 0.3 is 0 Å². The Hall–Kier alpha value is -1.35. The second kappa shape index (κ2) is 5.51. The van der Waals surface area contributed by atoms with Gasteiger partial charge in [0.05, 0.1) is 0 Å². The van der Waals surface area contributed by atoms with E-state index in [2.05, 4.69) is 0 Å². The number of anilines is 1. The summed E-state index contributed by atoms with van der Waals surface area (Å²) in [5.41, 5.74) is 0.838. The summed E-state index contributed by atoms with van der Waals surface area (Å²) in [4.78, 5) is 13.1. The van der Waals surface area contributed by atoms with Gasteiger partial charge in [0, 0.05) is 12.2 Å². The molecule has 3 nitrogen and oxygen atoms in total. The fourth-order valence-electron chi connectivity index (χ4n) is 1.41. The number of aliphatic hydroxyl groups is 1. The predicted molar refractivity (Wildman–Crippen MR) is 60.7 cm³/mol. The summed E-state index contributed by atoms with van der Waals surface area (Å²) in [7, 11) is 0. The monoisotopic (exact) mass is 207 g/mol. The molecule has 1 aromatic rings. The average Bonchev–Trinajstić information content (AvgIpc) is 2.26. The molecule has 0 fully saturated rings. The summed E-state index contributed by atoms with van der Waals surface area (Å²) >= 11 is 0. The highest BCUT2D eigenvalue weighted by atomic mass is 16.3. The van der Waals surface area contributed by atoms with Crippen molar-refractivity contribution in [3.63, 3.8) is 0 Å². The fourth-order valence-corrected chi connectivity index (χ4v) is 1.41. The van der Waals surface area contributed by atoms with Crippen LogP contribution in [-0.2, 0) is 4.79 Å². The molecule has 0 spiro atoms. The maximum Gasteiger partial charge on any atom is 0.252 e. The van der Waals surface area contributed by atoms with Crippen molar-refractivity contribution in [2.75, 3.05) is 18.1 Å². The Morgan fingerprint density at radius 1 is 1.33 bits per heavy atom. The number of carbonyl (C=O) groups excluding carboxylic acids is 1. The maximum atomic E-state index is 11.5. The highest BCUT2D eigenvalue weighted by Crippen LogP contribution is 2.15. The van der Waals surface area contributed by atoms with Crippen LogP contribution in [0.4, 0.5) is 5.69 Å². The number of benzene rings is 1. The molecule has 0 aliphatic carbocycles. The fraction of sp³-hybridized carbons (Fsp3) is 0.417. The summed E-state index contributed by atoms with van der Waals surface area (Å²) < 4.78 is 0. The van der Waals surface area contributed by atoms with E-state index in [1.807, 2.05) is 44.2 Å². The minimum absolute atomic E-state index is 0.255. The zero-order chi connectivity index (χ0) is 11.3. The van der Waals surface area contributed by atoms with Crippen molar-refractivity contribution in [1.82, 2.24) is 0 Å². The van der Waals surface area contributed by atoms with Gasteiger partial charge in [-0.2, -0.15) is 0 Å². The molecular formula is C12H17NO2. The van der Waals surface area contributed by atoms with E-state index in [0.717, 1.165) is 5.69 Å². The third kappa shape index (κ3) is 3.36. The van der Waals surface area contributed by atoms with Gasteiger partial charge in [0.2, 0.25) is 0 Å². The number of aliphatic hydroxyl groups excluding tert-OH is 1. The van der Waals surface area contributed by atoms with Gasteiger partial charge < -0.3 is 10.0 Å². The molecular weight excluding hydrogens is 190 g/mol. The van der Waals surface area contributed by atoms with Crippen LogP contribution in [0, 0.1) is 5.92 Å². The topological polar surface area (TPSA) is 40.5 Å². The highest BCUT2D eigenvalue weighted by molar-refractivity contribution is 5.94. The quantitative estimate of drug-likeness (QED) is 0.815. The number of carbonyl (C=O) groups is 1. The number of hydrogen-bond donors (Lipinski definition) is 1. The second-order valence-corrected chi connectivity index (χ2v) is 3.89. The molecule has 0 aliphatic rings. The first-order valence-corrected chi connectivity index (χ1v) is 5.11. The molecule has 0 unspecified atom stereocenters. The van der Waals surface area contributed by atoms with Crippen LogP contribution in [0.25, 0.3) is 0 Å². The summed E-state index contributed by atoms with van der Waals surface area (Å²) in [6.45, 7) is 4.27. The Morgan fingerprint density at radius 2 is 1.93 bits per heavy atom. The minimum Gasteiger partial charge on any atom is -0.387 e. The predicted octanol–water partition coefficient (Wildman–Crippen LogP) is 1.67. The first-order valence-electron chi connectivity index (χ1n) is 5.11. The van der Waals surface area contributed by atoms with E-state index in [0.29, 0.717) is 12.5 Å². The normalized spacial score (nSPS) is 10.4. The lowest BCUT2D eigenvalue weighted by Crippen LogP contribution is -2.36. The molecule has 3 heteroatoms. The molecule has 1 N–H and O–H groups in total. The third-order valence-corrected chi connectivity index (χ3v) is 2.05. The number of amides is 1. The molecule has 0 saturated heterocycles. The Bertz CT molecular complexity index is 309. The molecule has 15 heavy (non-hydrogen) atoms. The first kappa shape index (κ1) is 11.7. The van der Waals surface area contributed by atoms with E-state index in [4.69, 9.17) is 5.11 Å². The van der Waals surface area contributed by atoms with Crippen LogP contribution < -0.4 is 4.90 Å². The van der Waals surface area contributed by atoms with Crippen LogP contribution in [0.1, 0.15) is 13.8 Å². The average molecular weight is 207 g/mol. The Balaban J connectivity index is 2.86. The van der Waals surface area contributed by atoms with Crippen molar-refractivity contribution in [3.05, 3.63) is 30.3 Å². The van der Waals surface area contributed by atoms with Crippen LogP contribution >= 0.6 is 0 Å². The largest absolute Gasteiger partial charge is 0.387 e. The molecule has 1 amide bonds. The number of hydrogen-bond acceptors (Lipinski definition) is 2. The van der Waals surface area contributed by atoms with E-state index in [1.165, 1.54) is 0 Å². The zero-order valence-electron chi connectivity index (χ0n) is 9.18. The van der Waals surface area contributed by atoms with E-state index in [9.17, 15) is 4.79 Å².